The zero-order valence-corrected chi connectivity index (χ0v) is 13.6. The fourth-order valence-corrected chi connectivity index (χ4v) is 3.33. The number of rotatable bonds is 8. The van der Waals surface area contributed by atoms with E-state index in [-0.39, 0.29) is 18.1 Å². The number of carbonyl (C=O) groups is 2. The second-order valence-corrected chi connectivity index (χ2v) is 6.46. The summed E-state index contributed by atoms with van der Waals surface area (Å²) in [6, 6.07) is -2.06. The molecule has 7 N–H and O–H groups in total. The normalized spacial score (nSPS) is 32.3. The Kier molecular flexibility index (Phi) is 8.23. The van der Waals surface area contributed by atoms with Gasteiger partial charge in [0.15, 0.2) is 0 Å². The van der Waals surface area contributed by atoms with Crippen molar-refractivity contribution in [3.05, 3.63) is 0 Å². The van der Waals surface area contributed by atoms with Gasteiger partial charge in [0.05, 0.1) is 12.6 Å². The van der Waals surface area contributed by atoms with E-state index < -0.39 is 48.4 Å². The third-order valence-corrected chi connectivity index (χ3v) is 4.73. The monoisotopic (exact) mass is 352 g/mol. The number of aliphatic carboxylic acids is 1. The van der Waals surface area contributed by atoms with Gasteiger partial charge in [-0.15, -0.1) is 11.8 Å². The van der Waals surface area contributed by atoms with Crippen molar-refractivity contribution in [1.82, 2.24) is 5.32 Å². The topological polar surface area (TPSA) is 162 Å². The summed E-state index contributed by atoms with van der Waals surface area (Å²) in [5.74, 6) is -1.51. The minimum atomic E-state index is -1.36. The van der Waals surface area contributed by atoms with E-state index in [2.05, 4.69) is 5.32 Å². The number of hydrogen-bond acceptors (Lipinski definition) is 8. The van der Waals surface area contributed by atoms with Crippen LogP contribution in [0.5, 0.6) is 0 Å². The minimum absolute atomic E-state index is 0.0128. The number of amides is 1. The second-order valence-electron chi connectivity index (χ2n) is 5.33. The third kappa shape index (κ3) is 5.59. The van der Waals surface area contributed by atoms with Gasteiger partial charge in [-0.2, -0.15) is 0 Å². The van der Waals surface area contributed by atoms with Crippen LogP contribution in [0.25, 0.3) is 0 Å². The number of hydrogen-bond donors (Lipinski definition) is 6. The van der Waals surface area contributed by atoms with E-state index in [1.807, 2.05) is 6.92 Å². The first-order chi connectivity index (χ1) is 10.8. The molecule has 1 rings (SSSR count). The number of carboxylic acid groups (broad SMARTS) is 1. The van der Waals surface area contributed by atoms with E-state index in [4.69, 9.17) is 15.6 Å². The van der Waals surface area contributed by atoms with Gasteiger partial charge in [-0.3, -0.25) is 9.59 Å². The predicted molar refractivity (Wildman–Crippen MR) is 82.7 cm³/mol. The maximum atomic E-state index is 11.8. The number of carbonyl (C=O) groups excluding carboxylic acids is 1. The van der Waals surface area contributed by atoms with Gasteiger partial charge in [0.1, 0.15) is 29.8 Å². The zero-order chi connectivity index (χ0) is 17.6. The van der Waals surface area contributed by atoms with Gasteiger partial charge >= 0.3 is 5.97 Å². The van der Waals surface area contributed by atoms with Crippen molar-refractivity contribution in [2.45, 2.75) is 55.6 Å². The Bertz CT molecular complexity index is 412. The van der Waals surface area contributed by atoms with E-state index in [9.17, 15) is 24.9 Å². The molecule has 1 saturated heterocycles. The van der Waals surface area contributed by atoms with Gasteiger partial charge in [0, 0.05) is 12.2 Å². The van der Waals surface area contributed by atoms with Crippen molar-refractivity contribution in [1.29, 1.82) is 0 Å². The summed E-state index contributed by atoms with van der Waals surface area (Å²) in [5, 5.41) is 40.7. The van der Waals surface area contributed by atoms with Crippen molar-refractivity contribution in [2.24, 2.45) is 5.73 Å². The number of aliphatic hydroxyl groups excluding tert-OH is 3. The fraction of sp³-hybridized carbons (Fsp3) is 0.846. The molecule has 23 heavy (non-hydrogen) atoms. The van der Waals surface area contributed by atoms with Crippen molar-refractivity contribution >= 4 is 23.6 Å². The largest absolute Gasteiger partial charge is 0.480 e. The van der Waals surface area contributed by atoms with Crippen LogP contribution in [0.2, 0.25) is 0 Å². The Morgan fingerprint density at radius 3 is 2.52 bits per heavy atom. The van der Waals surface area contributed by atoms with Crippen LogP contribution in [0, 0.1) is 0 Å². The summed E-state index contributed by atoms with van der Waals surface area (Å²) < 4.78 is 5.48. The lowest BCUT2D eigenvalue weighted by molar-refractivity contribution is -0.173. The SMILES string of the molecule is CCCC(=O)N[C@H]1C(SC[C@H](N)C(=O)O)O[C@H](CO)[C@@H](O)[C@@H]1O. The van der Waals surface area contributed by atoms with Crippen LogP contribution in [-0.4, -0.2) is 80.5 Å². The van der Waals surface area contributed by atoms with Crippen LogP contribution in [-0.2, 0) is 14.3 Å². The van der Waals surface area contributed by atoms with E-state index in [1.54, 1.807) is 0 Å². The molecule has 1 aliphatic rings. The molecular formula is C13H24N2O7S. The molecule has 0 bridgehead atoms. The number of nitrogens with two attached hydrogens (primary N) is 1. The first kappa shape index (κ1) is 20.1. The summed E-state index contributed by atoms with van der Waals surface area (Å²) in [7, 11) is 0. The highest BCUT2D eigenvalue weighted by Crippen LogP contribution is 2.29. The number of nitrogens with one attached hydrogen (secondary N) is 1. The highest BCUT2D eigenvalue weighted by molar-refractivity contribution is 7.99. The van der Waals surface area contributed by atoms with Gasteiger partial charge in [-0.25, -0.2) is 0 Å². The molecule has 0 aromatic rings. The summed E-state index contributed by atoms with van der Waals surface area (Å²) in [4.78, 5) is 22.5. The lowest BCUT2D eigenvalue weighted by atomic mass is 9.98. The molecule has 1 unspecified atom stereocenters. The van der Waals surface area contributed by atoms with Gasteiger partial charge in [-0.05, 0) is 6.42 Å². The summed E-state index contributed by atoms with van der Waals surface area (Å²) in [6.07, 6.45) is -2.88. The molecule has 10 heteroatoms. The van der Waals surface area contributed by atoms with Crippen molar-refractivity contribution < 1.29 is 34.8 Å². The molecule has 0 spiro atoms. The van der Waals surface area contributed by atoms with Gasteiger partial charge in [0.2, 0.25) is 5.91 Å². The van der Waals surface area contributed by atoms with Crippen molar-refractivity contribution in [3.63, 3.8) is 0 Å². The third-order valence-electron chi connectivity index (χ3n) is 3.44. The second kappa shape index (κ2) is 9.40. The lowest BCUT2D eigenvalue weighted by Gasteiger charge is -2.42. The minimum Gasteiger partial charge on any atom is -0.480 e. The van der Waals surface area contributed by atoms with Crippen molar-refractivity contribution in [2.75, 3.05) is 12.4 Å². The van der Waals surface area contributed by atoms with Crippen LogP contribution in [0.4, 0.5) is 0 Å². The van der Waals surface area contributed by atoms with E-state index in [0.717, 1.165) is 11.8 Å². The molecule has 134 valence electrons. The highest BCUT2D eigenvalue weighted by atomic mass is 32.2. The van der Waals surface area contributed by atoms with Gasteiger partial charge < -0.3 is 36.2 Å². The maximum absolute atomic E-state index is 11.8. The zero-order valence-electron chi connectivity index (χ0n) is 12.8. The molecule has 1 heterocycles. The van der Waals surface area contributed by atoms with Crippen LogP contribution < -0.4 is 11.1 Å². The van der Waals surface area contributed by atoms with Gasteiger partial charge in [0.25, 0.3) is 0 Å². The molecule has 9 nitrogen and oxygen atoms in total. The Labute approximate surface area is 138 Å². The maximum Gasteiger partial charge on any atom is 0.321 e. The highest BCUT2D eigenvalue weighted by Gasteiger charge is 2.45. The quantitative estimate of drug-likeness (QED) is 0.286. The van der Waals surface area contributed by atoms with E-state index in [1.165, 1.54) is 0 Å². The van der Waals surface area contributed by atoms with E-state index in [0.29, 0.717) is 6.42 Å². The van der Waals surface area contributed by atoms with Crippen LogP contribution in [0.1, 0.15) is 19.8 Å². The number of thioether (sulfide) groups is 1. The lowest BCUT2D eigenvalue weighted by Crippen LogP contribution is -2.63. The van der Waals surface area contributed by atoms with Crippen LogP contribution in [0.3, 0.4) is 0 Å². The number of ether oxygens (including phenoxy) is 1. The van der Waals surface area contributed by atoms with E-state index >= 15 is 0 Å². The Morgan fingerprint density at radius 2 is 2.00 bits per heavy atom. The Hall–Kier alpha value is -0.910. The first-order valence-corrected chi connectivity index (χ1v) is 8.38. The summed E-state index contributed by atoms with van der Waals surface area (Å²) in [6.45, 7) is 1.30. The molecular weight excluding hydrogens is 328 g/mol. The number of carboxylic acids is 1. The molecule has 1 fully saturated rings. The van der Waals surface area contributed by atoms with Crippen LogP contribution >= 0.6 is 11.8 Å². The molecule has 1 amide bonds. The molecule has 6 atom stereocenters. The van der Waals surface area contributed by atoms with Crippen molar-refractivity contribution in [3.8, 4) is 0 Å². The molecule has 0 aromatic carbocycles. The molecule has 0 aliphatic carbocycles. The molecule has 1 aliphatic heterocycles. The standard InChI is InChI=1S/C13H24N2O7S/c1-2-3-8(17)15-9-11(19)10(18)7(4-16)22-13(9)23-5-6(14)12(20)21/h6-7,9-11,13,16,18-19H,2-5,14H2,1H3,(H,15,17)(H,20,21)/t6-,7+,9+,10+,11+,13?/m0/s1. The summed E-state index contributed by atoms with van der Waals surface area (Å²) in [5.41, 5.74) is 4.60. The fourth-order valence-electron chi connectivity index (χ4n) is 2.13. The average Bonchev–Trinajstić information content (AvgIpc) is 2.50. The Balaban J connectivity index is 2.80. The predicted octanol–water partition coefficient (Wildman–Crippen LogP) is -2.14. The molecule has 0 aromatic heterocycles. The smallest absolute Gasteiger partial charge is 0.321 e. The first-order valence-electron chi connectivity index (χ1n) is 7.33. The molecule has 0 saturated carbocycles. The van der Waals surface area contributed by atoms with Gasteiger partial charge in [-0.1, -0.05) is 6.92 Å². The summed E-state index contributed by atoms with van der Waals surface area (Å²) >= 11 is 1.00. The molecule has 0 radical (unpaired) electrons. The van der Waals surface area contributed by atoms with Crippen LogP contribution in [0.15, 0.2) is 0 Å². The average molecular weight is 352 g/mol. The number of aliphatic hydroxyl groups is 3. The Morgan fingerprint density at radius 1 is 1.35 bits per heavy atom.